The van der Waals surface area contributed by atoms with Gasteiger partial charge in [-0.1, -0.05) is 17.7 Å². The fraction of sp³-hybridized carbons (Fsp3) is 0.562. The molecule has 2 rings (SSSR count). The summed E-state index contributed by atoms with van der Waals surface area (Å²) < 4.78 is 5.62. The lowest BCUT2D eigenvalue weighted by Crippen LogP contribution is -2.51. The number of morpholine rings is 1. The molecule has 1 fully saturated rings. The number of benzene rings is 1. The van der Waals surface area contributed by atoms with Crippen molar-refractivity contribution in [3.8, 4) is 0 Å². The van der Waals surface area contributed by atoms with E-state index in [0.29, 0.717) is 19.7 Å². The van der Waals surface area contributed by atoms with Crippen molar-refractivity contribution < 1.29 is 9.53 Å². The summed E-state index contributed by atoms with van der Waals surface area (Å²) in [5, 5.41) is 0. The number of amides is 1. The topological polar surface area (TPSA) is 55.6 Å². The average Bonchev–Trinajstić information content (AvgIpc) is 2.37. The lowest BCUT2D eigenvalue weighted by molar-refractivity contribution is -0.0300. The summed E-state index contributed by atoms with van der Waals surface area (Å²) in [6.07, 6.45) is -0.0706. The van der Waals surface area contributed by atoms with Crippen molar-refractivity contribution in [2.45, 2.75) is 39.8 Å². The third-order valence-electron chi connectivity index (χ3n) is 3.86. The molecule has 4 nitrogen and oxygen atoms in total. The van der Waals surface area contributed by atoms with Gasteiger partial charge in [0.15, 0.2) is 0 Å². The third kappa shape index (κ3) is 3.02. The molecule has 0 aromatic heterocycles. The van der Waals surface area contributed by atoms with Gasteiger partial charge in [-0.15, -0.1) is 0 Å². The maximum Gasteiger partial charge on any atom is 0.254 e. The summed E-state index contributed by atoms with van der Waals surface area (Å²) in [5.41, 5.74) is 9.97. The molecule has 1 aromatic carbocycles. The largest absolute Gasteiger partial charge is 0.373 e. The van der Waals surface area contributed by atoms with Crippen LogP contribution in [0.2, 0.25) is 0 Å². The molecule has 1 heterocycles. The maximum absolute atomic E-state index is 12.8. The zero-order valence-electron chi connectivity index (χ0n) is 12.8. The average molecular weight is 276 g/mol. The Bertz CT molecular complexity index is 488. The molecule has 2 atom stereocenters. The first-order valence-electron chi connectivity index (χ1n) is 7.14. The van der Waals surface area contributed by atoms with Crippen LogP contribution in [0, 0.1) is 20.8 Å². The second kappa shape index (κ2) is 5.94. The number of hydrogen-bond donors (Lipinski definition) is 1. The van der Waals surface area contributed by atoms with E-state index in [1.165, 1.54) is 5.56 Å². The Hall–Kier alpha value is -1.39. The van der Waals surface area contributed by atoms with Crippen LogP contribution in [0.5, 0.6) is 0 Å². The van der Waals surface area contributed by atoms with Gasteiger partial charge in [0, 0.05) is 24.7 Å². The van der Waals surface area contributed by atoms with Gasteiger partial charge in [0.2, 0.25) is 0 Å². The van der Waals surface area contributed by atoms with E-state index in [2.05, 4.69) is 19.1 Å². The fourth-order valence-corrected chi connectivity index (χ4v) is 2.85. The Labute approximate surface area is 120 Å². The number of ether oxygens (including phenoxy) is 1. The quantitative estimate of drug-likeness (QED) is 0.896. The molecule has 20 heavy (non-hydrogen) atoms. The summed E-state index contributed by atoms with van der Waals surface area (Å²) >= 11 is 0. The van der Waals surface area contributed by atoms with Crippen LogP contribution in [0.3, 0.4) is 0 Å². The number of aryl methyl sites for hydroxylation is 3. The highest BCUT2D eigenvalue weighted by atomic mass is 16.5. The van der Waals surface area contributed by atoms with E-state index in [1.54, 1.807) is 0 Å². The molecular formula is C16H24N2O2. The van der Waals surface area contributed by atoms with Gasteiger partial charge >= 0.3 is 0 Å². The van der Waals surface area contributed by atoms with Gasteiger partial charge in [0.1, 0.15) is 0 Å². The molecule has 0 spiro atoms. The van der Waals surface area contributed by atoms with Crippen LogP contribution < -0.4 is 5.73 Å². The van der Waals surface area contributed by atoms with Crippen molar-refractivity contribution in [3.63, 3.8) is 0 Å². The molecular weight excluding hydrogens is 252 g/mol. The molecule has 1 aliphatic rings. The van der Waals surface area contributed by atoms with Crippen LogP contribution in [0.15, 0.2) is 12.1 Å². The molecule has 1 saturated heterocycles. The molecule has 2 N–H and O–H groups in total. The summed E-state index contributed by atoms with van der Waals surface area (Å²) in [5.74, 6) is 0.0916. The van der Waals surface area contributed by atoms with Gasteiger partial charge in [0.05, 0.1) is 12.7 Å². The zero-order valence-corrected chi connectivity index (χ0v) is 12.8. The molecule has 0 radical (unpaired) electrons. The minimum Gasteiger partial charge on any atom is -0.373 e. The number of carbonyl (C=O) groups is 1. The number of nitrogens with zero attached hydrogens (tertiary/aromatic N) is 1. The van der Waals surface area contributed by atoms with Crippen molar-refractivity contribution in [2.24, 2.45) is 5.73 Å². The summed E-state index contributed by atoms with van der Waals surface area (Å²) in [6, 6.07) is 4.05. The SMILES string of the molecule is Cc1cc(C)c(C(=O)N2CCOC(C(C)N)C2)c(C)c1. The monoisotopic (exact) mass is 276 g/mol. The molecule has 2 unspecified atom stereocenters. The highest BCUT2D eigenvalue weighted by molar-refractivity contribution is 5.97. The zero-order chi connectivity index (χ0) is 14.9. The molecule has 4 heteroatoms. The van der Waals surface area contributed by atoms with Crippen LogP contribution >= 0.6 is 0 Å². The van der Waals surface area contributed by atoms with Gasteiger partial charge < -0.3 is 15.4 Å². The van der Waals surface area contributed by atoms with Crippen molar-refractivity contribution in [1.82, 2.24) is 4.90 Å². The number of hydrogen-bond acceptors (Lipinski definition) is 3. The smallest absolute Gasteiger partial charge is 0.254 e. The molecule has 0 saturated carbocycles. The Morgan fingerprint density at radius 2 is 1.95 bits per heavy atom. The molecule has 1 aliphatic heterocycles. The number of carbonyl (C=O) groups excluding carboxylic acids is 1. The van der Waals surface area contributed by atoms with Crippen LogP contribution in [-0.2, 0) is 4.74 Å². The predicted molar refractivity (Wildman–Crippen MR) is 79.9 cm³/mol. The van der Waals surface area contributed by atoms with Gasteiger partial charge in [0.25, 0.3) is 5.91 Å². The van der Waals surface area contributed by atoms with E-state index in [4.69, 9.17) is 10.5 Å². The number of nitrogens with two attached hydrogens (primary N) is 1. The Morgan fingerprint density at radius 3 is 2.50 bits per heavy atom. The first kappa shape index (κ1) is 15.0. The van der Waals surface area contributed by atoms with Crippen molar-refractivity contribution in [3.05, 3.63) is 34.4 Å². The first-order chi connectivity index (χ1) is 9.40. The standard InChI is InChI=1S/C16H24N2O2/c1-10-7-11(2)15(12(3)8-10)16(19)18-5-6-20-14(9-18)13(4)17/h7-8,13-14H,5-6,9,17H2,1-4H3. The summed E-state index contributed by atoms with van der Waals surface area (Å²) in [6.45, 7) is 9.73. The Balaban J connectivity index is 2.23. The van der Waals surface area contributed by atoms with Crippen LogP contribution in [0.25, 0.3) is 0 Å². The summed E-state index contributed by atoms with van der Waals surface area (Å²) in [7, 11) is 0. The van der Waals surface area contributed by atoms with E-state index >= 15 is 0 Å². The third-order valence-corrected chi connectivity index (χ3v) is 3.86. The Morgan fingerprint density at radius 1 is 1.35 bits per heavy atom. The molecule has 0 aliphatic carbocycles. The molecule has 1 amide bonds. The normalized spacial score (nSPS) is 20.9. The minimum atomic E-state index is -0.0706. The second-order valence-corrected chi connectivity index (χ2v) is 5.79. The predicted octanol–water partition coefficient (Wildman–Crippen LogP) is 1.80. The van der Waals surface area contributed by atoms with Gasteiger partial charge in [-0.05, 0) is 38.8 Å². The lowest BCUT2D eigenvalue weighted by Gasteiger charge is -2.35. The van der Waals surface area contributed by atoms with E-state index in [-0.39, 0.29) is 18.1 Å². The van der Waals surface area contributed by atoms with Crippen LogP contribution in [-0.4, -0.2) is 42.6 Å². The Kier molecular flexibility index (Phi) is 4.45. The fourth-order valence-electron chi connectivity index (χ4n) is 2.85. The molecule has 0 bridgehead atoms. The van der Waals surface area contributed by atoms with E-state index < -0.39 is 0 Å². The first-order valence-corrected chi connectivity index (χ1v) is 7.14. The van der Waals surface area contributed by atoms with Gasteiger partial charge in [-0.3, -0.25) is 4.79 Å². The van der Waals surface area contributed by atoms with Crippen LogP contribution in [0.4, 0.5) is 0 Å². The highest BCUT2D eigenvalue weighted by Gasteiger charge is 2.28. The summed E-state index contributed by atoms with van der Waals surface area (Å²) in [4.78, 5) is 14.6. The lowest BCUT2D eigenvalue weighted by atomic mass is 9.98. The van der Waals surface area contributed by atoms with Crippen LogP contribution in [0.1, 0.15) is 34.0 Å². The van der Waals surface area contributed by atoms with Crippen molar-refractivity contribution in [1.29, 1.82) is 0 Å². The number of rotatable bonds is 2. The maximum atomic E-state index is 12.8. The van der Waals surface area contributed by atoms with E-state index in [1.807, 2.05) is 25.7 Å². The minimum absolute atomic E-state index is 0.0641. The van der Waals surface area contributed by atoms with Crippen molar-refractivity contribution >= 4 is 5.91 Å². The molecule has 110 valence electrons. The van der Waals surface area contributed by atoms with Gasteiger partial charge in [-0.2, -0.15) is 0 Å². The van der Waals surface area contributed by atoms with E-state index in [0.717, 1.165) is 16.7 Å². The van der Waals surface area contributed by atoms with Gasteiger partial charge in [-0.25, -0.2) is 0 Å². The highest BCUT2D eigenvalue weighted by Crippen LogP contribution is 2.20. The van der Waals surface area contributed by atoms with E-state index in [9.17, 15) is 4.79 Å². The molecule has 1 aromatic rings. The second-order valence-electron chi connectivity index (χ2n) is 5.79. The van der Waals surface area contributed by atoms with Crippen molar-refractivity contribution in [2.75, 3.05) is 19.7 Å².